The molecule has 1 N–H and O–H groups in total. The van der Waals surface area contributed by atoms with E-state index in [-0.39, 0.29) is 23.2 Å². The van der Waals surface area contributed by atoms with Gasteiger partial charge in [0, 0.05) is 23.7 Å². The summed E-state index contributed by atoms with van der Waals surface area (Å²) in [5.41, 5.74) is -1.70. The largest absolute Gasteiger partial charge is 0.391 e. The first-order valence-corrected chi connectivity index (χ1v) is 8.60. The summed E-state index contributed by atoms with van der Waals surface area (Å²) in [5.74, 6) is -2.22. The van der Waals surface area contributed by atoms with Crippen molar-refractivity contribution in [3.8, 4) is 0 Å². The van der Waals surface area contributed by atoms with E-state index in [1.54, 1.807) is 0 Å². The van der Waals surface area contributed by atoms with Gasteiger partial charge >= 0.3 is 6.18 Å². The van der Waals surface area contributed by atoms with E-state index >= 15 is 0 Å². The number of rotatable bonds is 5. The van der Waals surface area contributed by atoms with Crippen molar-refractivity contribution >= 4 is 16.8 Å². The predicted molar refractivity (Wildman–Crippen MR) is 96.1 cm³/mol. The summed E-state index contributed by atoms with van der Waals surface area (Å²) in [7, 11) is 0. The Morgan fingerprint density at radius 3 is 2.52 bits per heavy atom. The molecule has 2 heterocycles. The molecule has 1 amide bonds. The van der Waals surface area contributed by atoms with Crippen LogP contribution in [0.15, 0.2) is 48.7 Å². The zero-order valence-corrected chi connectivity index (χ0v) is 15.2. The lowest BCUT2D eigenvalue weighted by Crippen LogP contribution is -2.50. The Labute approximate surface area is 162 Å². The summed E-state index contributed by atoms with van der Waals surface area (Å²) >= 11 is 0. The molecule has 0 fully saturated rings. The molecule has 1 atom stereocenters. The van der Waals surface area contributed by atoms with Crippen molar-refractivity contribution in [2.24, 2.45) is 0 Å². The zero-order valence-electron chi connectivity index (χ0n) is 15.2. The highest BCUT2D eigenvalue weighted by molar-refractivity contribution is 5.97. The van der Waals surface area contributed by atoms with Gasteiger partial charge in [0.25, 0.3) is 5.91 Å². The molecule has 2 aromatic heterocycles. The number of alkyl halides is 3. The van der Waals surface area contributed by atoms with E-state index in [0.717, 1.165) is 12.3 Å². The highest BCUT2D eigenvalue weighted by atomic mass is 19.4. The fourth-order valence-corrected chi connectivity index (χ4v) is 3.14. The first-order valence-electron chi connectivity index (χ1n) is 8.60. The molecular weight excluding hydrogens is 393 g/mol. The number of nitrogens with zero attached hydrogens (tertiary/aromatic N) is 2. The van der Waals surface area contributed by atoms with Crippen molar-refractivity contribution in [2.45, 2.75) is 31.5 Å². The summed E-state index contributed by atoms with van der Waals surface area (Å²) in [5, 5.41) is 2.69. The highest BCUT2D eigenvalue weighted by Gasteiger charge is 2.41. The van der Waals surface area contributed by atoms with Crippen molar-refractivity contribution in [3.05, 3.63) is 71.7 Å². The van der Waals surface area contributed by atoms with Crippen LogP contribution in [0.25, 0.3) is 10.9 Å². The SMILES string of the molecule is CC(Cc1cccc(F)n1)(CC(F)(F)F)NC(=O)c1cnc2c(F)cccc2c1. The molecule has 1 unspecified atom stereocenters. The standard InChI is InChI=1S/C20H16F5N3O/c1-19(11-20(23,24)25,9-14-5-3-7-16(22)27-14)28-18(29)13-8-12-4-2-6-15(21)17(12)26-10-13/h2-8,10H,9,11H2,1H3,(H,28,29). The first-order chi connectivity index (χ1) is 13.5. The molecule has 4 nitrogen and oxygen atoms in total. The molecule has 9 heteroatoms. The Kier molecular flexibility index (Phi) is 5.50. The number of pyridine rings is 2. The number of benzene rings is 1. The van der Waals surface area contributed by atoms with E-state index in [4.69, 9.17) is 0 Å². The maximum Gasteiger partial charge on any atom is 0.391 e. The molecule has 3 aromatic rings. The van der Waals surface area contributed by atoms with Crippen LogP contribution < -0.4 is 5.32 Å². The molecule has 0 aliphatic carbocycles. The molecule has 29 heavy (non-hydrogen) atoms. The van der Waals surface area contributed by atoms with E-state index in [1.165, 1.54) is 43.3 Å². The van der Waals surface area contributed by atoms with Crippen LogP contribution in [0, 0.1) is 11.8 Å². The van der Waals surface area contributed by atoms with Gasteiger partial charge in [0.15, 0.2) is 0 Å². The van der Waals surface area contributed by atoms with Gasteiger partial charge in [-0.25, -0.2) is 9.37 Å². The number of amides is 1. The van der Waals surface area contributed by atoms with E-state index in [2.05, 4.69) is 15.3 Å². The van der Waals surface area contributed by atoms with Crippen molar-refractivity contribution in [2.75, 3.05) is 0 Å². The number of halogens is 5. The minimum absolute atomic E-state index is 0.0244. The van der Waals surface area contributed by atoms with E-state index in [1.807, 2.05) is 0 Å². The molecule has 0 aliphatic heterocycles. The number of hydrogen-bond acceptors (Lipinski definition) is 3. The third-order valence-corrected chi connectivity index (χ3v) is 4.27. The minimum Gasteiger partial charge on any atom is -0.346 e. The zero-order chi connectivity index (χ0) is 21.2. The van der Waals surface area contributed by atoms with Crippen LogP contribution >= 0.6 is 0 Å². The third-order valence-electron chi connectivity index (χ3n) is 4.27. The van der Waals surface area contributed by atoms with Crippen LogP contribution in [0.2, 0.25) is 0 Å². The third kappa shape index (κ3) is 5.24. The Balaban J connectivity index is 1.89. The lowest BCUT2D eigenvalue weighted by Gasteiger charge is -2.31. The smallest absolute Gasteiger partial charge is 0.346 e. The van der Waals surface area contributed by atoms with Crippen LogP contribution in [0.5, 0.6) is 0 Å². The Morgan fingerprint density at radius 2 is 1.83 bits per heavy atom. The molecule has 3 rings (SSSR count). The Bertz CT molecular complexity index is 1050. The van der Waals surface area contributed by atoms with Gasteiger partial charge in [0.1, 0.15) is 11.3 Å². The summed E-state index contributed by atoms with van der Waals surface area (Å²) in [6.07, 6.45) is -5.18. The van der Waals surface area contributed by atoms with Gasteiger partial charge in [-0.15, -0.1) is 0 Å². The van der Waals surface area contributed by atoms with Gasteiger partial charge < -0.3 is 5.32 Å². The van der Waals surface area contributed by atoms with Crippen LogP contribution in [0.3, 0.4) is 0 Å². The summed E-state index contributed by atoms with van der Waals surface area (Å²) in [6, 6.07) is 9.30. The van der Waals surface area contributed by atoms with Crippen LogP contribution in [0.1, 0.15) is 29.4 Å². The first kappa shape index (κ1) is 20.6. The molecule has 0 bridgehead atoms. The molecule has 0 aliphatic rings. The van der Waals surface area contributed by atoms with Crippen molar-refractivity contribution in [1.82, 2.24) is 15.3 Å². The maximum atomic E-state index is 13.7. The quantitative estimate of drug-likeness (QED) is 0.495. The highest BCUT2D eigenvalue weighted by Crippen LogP contribution is 2.30. The van der Waals surface area contributed by atoms with Crippen LogP contribution in [0.4, 0.5) is 22.0 Å². The normalized spacial score (nSPS) is 13.9. The van der Waals surface area contributed by atoms with E-state index in [0.29, 0.717) is 5.39 Å². The van der Waals surface area contributed by atoms with Crippen LogP contribution in [-0.4, -0.2) is 27.6 Å². The number of carbonyl (C=O) groups is 1. The average molecular weight is 409 g/mol. The Hall–Kier alpha value is -3.10. The number of nitrogens with one attached hydrogen (secondary N) is 1. The predicted octanol–water partition coefficient (Wildman–Crippen LogP) is 4.59. The van der Waals surface area contributed by atoms with Gasteiger partial charge in [-0.3, -0.25) is 9.78 Å². The molecule has 0 saturated heterocycles. The average Bonchev–Trinajstić information content (AvgIpc) is 2.59. The van der Waals surface area contributed by atoms with Gasteiger partial charge in [0.2, 0.25) is 5.95 Å². The summed E-state index contributed by atoms with van der Waals surface area (Å²) < 4.78 is 66.5. The second kappa shape index (κ2) is 7.73. The lowest BCUT2D eigenvalue weighted by atomic mass is 9.90. The summed E-state index contributed by atoms with van der Waals surface area (Å²) in [6.45, 7) is 1.21. The van der Waals surface area contributed by atoms with Crippen molar-refractivity contribution in [1.29, 1.82) is 0 Å². The van der Waals surface area contributed by atoms with Crippen molar-refractivity contribution < 1.29 is 26.7 Å². The topological polar surface area (TPSA) is 54.9 Å². The molecule has 152 valence electrons. The van der Waals surface area contributed by atoms with Gasteiger partial charge in [-0.2, -0.15) is 17.6 Å². The Morgan fingerprint density at radius 1 is 1.10 bits per heavy atom. The number of fused-ring (bicyclic) bond motifs is 1. The van der Waals surface area contributed by atoms with Gasteiger partial charge in [-0.05, 0) is 31.2 Å². The molecule has 0 radical (unpaired) electrons. The van der Waals surface area contributed by atoms with Gasteiger partial charge in [-0.1, -0.05) is 18.2 Å². The second-order valence-corrected chi connectivity index (χ2v) is 6.97. The number of para-hydroxylation sites is 1. The monoisotopic (exact) mass is 409 g/mol. The number of aromatic nitrogens is 2. The van der Waals surface area contributed by atoms with E-state index in [9.17, 15) is 26.7 Å². The van der Waals surface area contributed by atoms with Gasteiger partial charge in [0.05, 0.1) is 17.5 Å². The molecule has 1 aromatic carbocycles. The fraction of sp³-hybridized carbons (Fsp3) is 0.250. The minimum atomic E-state index is -4.58. The molecule has 0 saturated carbocycles. The number of carbonyl (C=O) groups excluding carboxylic acids is 1. The second-order valence-electron chi connectivity index (χ2n) is 6.97. The molecule has 0 spiro atoms. The van der Waals surface area contributed by atoms with Crippen LogP contribution in [-0.2, 0) is 6.42 Å². The maximum absolute atomic E-state index is 13.7. The summed E-state index contributed by atoms with van der Waals surface area (Å²) in [4.78, 5) is 20.1. The molecular formula is C20H16F5N3O. The lowest BCUT2D eigenvalue weighted by molar-refractivity contribution is -0.147. The number of hydrogen-bond donors (Lipinski definition) is 1. The van der Waals surface area contributed by atoms with Crippen molar-refractivity contribution in [3.63, 3.8) is 0 Å². The van der Waals surface area contributed by atoms with E-state index < -0.39 is 35.8 Å². The fourth-order valence-electron chi connectivity index (χ4n) is 3.14.